The Hall–Kier alpha value is -3.03. The highest BCUT2D eigenvalue weighted by molar-refractivity contribution is 7.17. The highest BCUT2D eigenvalue weighted by Crippen LogP contribution is 2.32. The zero-order chi connectivity index (χ0) is 19.3. The van der Waals surface area contributed by atoms with Crippen LogP contribution in [0.2, 0.25) is 5.02 Å². The van der Waals surface area contributed by atoms with Crippen LogP contribution < -0.4 is 10.1 Å². The van der Waals surface area contributed by atoms with E-state index >= 15 is 0 Å². The first-order valence-corrected chi connectivity index (χ1v) is 9.78. The molecular weight excluding hydrogens is 396 g/mol. The molecular formula is C20H15ClN4O2S. The van der Waals surface area contributed by atoms with Crippen LogP contribution >= 0.6 is 22.9 Å². The molecule has 4 aromatic rings. The largest absolute Gasteiger partial charge is 0.439 e. The van der Waals surface area contributed by atoms with E-state index in [9.17, 15) is 4.79 Å². The quantitative estimate of drug-likeness (QED) is 0.432. The zero-order valence-electron chi connectivity index (χ0n) is 14.6. The zero-order valence-corrected chi connectivity index (χ0v) is 16.2. The molecule has 3 aromatic heterocycles. The molecule has 0 saturated heterocycles. The van der Waals surface area contributed by atoms with Gasteiger partial charge in [-0.3, -0.25) is 4.79 Å². The number of carbonyl (C=O) groups is 1. The number of rotatable bonds is 7. The molecule has 0 aliphatic heterocycles. The molecule has 3 heterocycles. The van der Waals surface area contributed by atoms with E-state index in [4.69, 9.17) is 16.3 Å². The van der Waals surface area contributed by atoms with Crippen molar-refractivity contribution in [3.63, 3.8) is 0 Å². The predicted molar refractivity (Wildman–Crippen MR) is 111 cm³/mol. The van der Waals surface area contributed by atoms with E-state index in [0.29, 0.717) is 28.8 Å². The number of aromatic nitrogens is 3. The lowest BCUT2D eigenvalue weighted by Crippen LogP contribution is -2.06. The van der Waals surface area contributed by atoms with Crippen LogP contribution in [0.5, 0.6) is 11.6 Å². The first-order valence-electron chi connectivity index (χ1n) is 8.52. The fraction of sp³-hybridized carbons (Fsp3) is 0.100. The van der Waals surface area contributed by atoms with Crippen molar-refractivity contribution in [1.82, 2.24) is 15.0 Å². The summed E-state index contributed by atoms with van der Waals surface area (Å²) in [6, 6.07) is 11.1. The smallest absolute Gasteiger partial charge is 0.219 e. The van der Waals surface area contributed by atoms with E-state index in [1.165, 1.54) is 17.5 Å². The Morgan fingerprint density at radius 3 is 2.71 bits per heavy atom. The average molecular weight is 411 g/mol. The summed E-state index contributed by atoms with van der Waals surface area (Å²) in [5.41, 5.74) is 1.67. The molecule has 1 N–H and O–H groups in total. The molecule has 0 radical (unpaired) electrons. The maximum atomic E-state index is 10.7. The Balaban J connectivity index is 1.35. The van der Waals surface area contributed by atoms with E-state index in [1.807, 2.05) is 29.6 Å². The third kappa shape index (κ3) is 4.11. The van der Waals surface area contributed by atoms with E-state index in [0.717, 1.165) is 34.3 Å². The number of pyridine rings is 1. The number of ether oxygens (including phenoxy) is 1. The third-order valence-electron chi connectivity index (χ3n) is 4.07. The van der Waals surface area contributed by atoms with Gasteiger partial charge in [0.2, 0.25) is 5.88 Å². The van der Waals surface area contributed by atoms with Crippen molar-refractivity contribution in [3.05, 3.63) is 70.5 Å². The molecule has 28 heavy (non-hydrogen) atoms. The number of carbonyl (C=O) groups excluding carboxylic acids is 1. The third-order valence-corrected chi connectivity index (χ3v) is 5.39. The number of halogens is 1. The fourth-order valence-electron chi connectivity index (χ4n) is 2.67. The molecule has 0 spiro atoms. The molecule has 140 valence electrons. The van der Waals surface area contributed by atoms with Gasteiger partial charge in [0.15, 0.2) is 6.29 Å². The monoisotopic (exact) mass is 410 g/mol. The van der Waals surface area contributed by atoms with Gasteiger partial charge in [-0.05, 0) is 30.2 Å². The van der Waals surface area contributed by atoms with Crippen LogP contribution in [0.15, 0.2) is 54.3 Å². The van der Waals surface area contributed by atoms with Gasteiger partial charge in [0.25, 0.3) is 0 Å². The minimum atomic E-state index is 0.445. The molecule has 4 rings (SSSR count). The van der Waals surface area contributed by atoms with Crippen LogP contribution in [0.4, 0.5) is 5.82 Å². The molecule has 0 bridgehead atoms. The number of aldehydes is 1. The summed E-state index contributed by atoms with van der Waals surface area (Å²) in [6.45, 7) is 0.715. The second-order valence-electron chi connectivity index (χ2n) is 5.96. The van der Waals surface area contributed by atoms with E-state index in [1.54, 1.807) is 18.5 Å². The van der Waals surface area contributed by atoms with Gasteiger partial charge in [-0.15, -0.1) is 11.3 Å². The molecule has 0 atom stereocenters. The minimum absolute atomic E-state index is 0.445. The second kappa shape index (κ2) is 8.33. The van der Waals surface area contributed by atoms with Crippen LogP contribution in [0.25, 0.3) is 10.2 Å². The standard InChI is InChI=1S/C20H15ClN4O2S/c21-16-11-28-20-18(16)19(24-12-25-20)22-8-7-13-1-4-15(5-2-13)27-17-6-3-14(10-26)9-23-17/h1-6,9-12H,7-8H2,(H,22,24,25). The summed E-state index contributed by atoms with van der Waals surface area (Å²) in [5, 5.41) is 6.73. The molecule has 0 aliphatic carbocycles. The van der Waals surface area contributed by atoms with Crippen molar-refractivity contribution >= 4 is 45.3 Å². The fourth-order valence-corrected chi connectivity index (χ4v) is 3.80. The highest BCUT2D eigenvalue weighted by atomic mass is 35.5. The van der Waals surface area contributed by atoms with Crippen LogP contribution in [-0.4, -0.2) is 27.8 Å². The minimum Gasteiger partial charge on any atom is -0.439 e. The van der Waals surface area contributed by atoms with Crippen LogP contribution in [0.1, 0.15) is 15.9 Å². The summed E-state index contributed by atoms with van der Waals surface area (Å²) in [7, 11) is 0. The maximum Gasteiger partial charge on any atom is 0.219 e. The molecule has 6 nitrogen and oxygen atoms in total. The lowest BCUT2D eigenvalue weighted by atomic mass is 10.1. The summed E-state index contributed by atoms with van der Waals surface area (Å²) < 4.78 is 5.69. The van der Waals surface area contributed by atoms with Gasteiger partial charge in [0.05, 0.1) is 10.4 Å². The Bertz CT molecular complexity index is 1100. The lowest BCUT2D eigenvalue weighted by molar-refractivity contribution is 0.112. The van der Waals surface area contributed by atoms with Crippen molar-refractivity contribution in [1.29, 1.82) is 0 Å². The van der Waals surface area contributed by atoms with Gasteiger partial charge < -0.3 is 10.1 Å². The van der Waals surface area contributed by atoms with Crippen molar-refractivity contribution in [3.8, 4) is 11.6 Å². The average Bonchev–Trinajstić information content (AvgIpc) is 3.12. The number of fused-ring (bicyclic) bond motifs is 1. The number of hydrogen-bond acceptors (Lipinski definition) is 7. The maximum absolute atomic E-state index is 10.7. The molecule has 8 heteroatoms. The predicted octanol–water partition coefficient (Wildman–Crippen LogP) is 5.00. The number of hydrogen-bond donors (Lipinski definition) is 1. The van der Waals surface area contributed by atoms with E-state index in [-0.39, 0.29) is 0 Å². The van der Waals surface area contributed by atoms with Gasteiger partial charge in [0, 0.05) is 29.8 Å². The van der Waals surface area contributed by atoms with Crippen LogP contribution in [-0.2, 0) is 6.42 Å². The first-order chi connectivity index (χ1) is 13.7. The van der Waals surface area contributed by atoms with E-state index in [2.05, 4.69) is 20.3 Å². The molecule has 0 amide bonds. The second-order valence-corrected chi connectivity index (χ2v) is 7.22. The normalized spacial score (nSPS) is 10.8. The lowest BCUT2D eigenvalue weighted by Gasteiger charge is -2.08. The summed E-state index contributed by atoms with van der Waals surface area (Å²) in [4.78, 5) is 24.2. The molecule has 1 aromatic carbocycles. The number of nitrogens with zero attached hydrogens (tertiary/aromatic N) is 3. The topological polar surface area (TPSA) is 77.0 Å². The molecule has 0 fully saturated rings. The molecule has 0 aliphatic rings. The van der Waals surface area contributed by atoms with Crippen molar-refractivity contribution in [2.24, 2.45) is 0 Å². The van der Waals surface area contributed by atoms with Gasteiger partial charge in [-0.1, -0.05) is 23.7 Å². The Morgan fingerprint density at radius 1 is 1.11 bits per heavy atom. The Kier molecular flexibility index (Phi) is 5.45. The summed E-state index contributed by atoms with van der Waals surface area (Å²) in [5.74, 6) is 1.88. The SMILES string of the molecule is O=Cc1ccc(Oc2ccc(CCNc3ncnc4scc(Cl)c34)cc2)nc1. The number of nitrogens with one attached hydrogen (secondary N) is 1. The van der Waals surface area contributed by atoms with Crippen molar-refractivity contribution in [2.45, 2.75) is 6.42 Å². The van der Waals surface area contributed by atoms with Crippen LogP contribution in [0.3, 0.4) is 0 Å². The van der Waals surface area contributed by atoms with Gasteiger partial charge in [-0.2, -0.15) is 0 Å². The molecule has 0 unspecified atom stereocenters. The number of thiophene rings is 1. The number of anilines is 1. The summed E-state index contributed by atoms with van der Waals surface area (Å²) in [6.07, 6.45) is 4.59. The molecule has 0 saturated carbocycles. The van der Waals surface area contributed by atoms with Gasteiger partial charge >= 0.3 is 0 Å². The van der Waals surface area contributed by atoms with Crippen molar-refractivity contribution < 1.29 is 9.53 Å². The Morgan fingerprint density at radius 2 is 1.96 bits per heavy atom. The van der Waals surface area contributed by atoms with Gasteiger partial charge in [0.1, 0.15) is 22.7 Å². The number of benzene rings is 1. The highest BCUT2D eigenvalue weighted by Gasteiger charge is 2.09. The van der Waals surface area contributed by atoms with Crippen LogP contribution in [0, 0.1) is 0 Å². The first kappa shape index (κ1) is 18.3. The van der Waals surface area contributed by atoms with Gasteiger partial charge in [-0.25, -0.2) is 15.0 Å². The van der Waals surface area contributed by atoms with Crippen molar-refractivity contribution in [2.75, 3.05) is 11.9 Å². The Labute approximate surface area is 170 Å². The summed E-state index contributed by atoms with van der Waals surface area (Å²) >= 11 is 7.73. The van der Waals surface area contributed by atoms with E-state index < -0.39 is 0 Å².